The Labute approximate surface area is 155 Å². The molecule has 1 fully saturated rings. The number of nitrogens with zero attached hydrogens (tertiary/aromatic N) is 2. The van der Waals surface area contributed by atoms with Crippen LogP contribution in [0.1, 0.15) is 25.5 Å². The molecule has 0 saturated carbocycles. The SMILES string of the molecule is C[C@H]1CCCN(C(=O)COC(=O)Cc2csc(-c3cccc(F)c3)n2)C1. The number of esters is 1. The molecule has 0 unspecified atom stereocenters. The van der Waals surface area contributed by atoms with E-state index in [9.17, 15) is 14.0 Å². The number of benzene rings is 1. The number of hydrogen-bond acceptors (Lipinski definition) is 5. The number of likely N-dealkylation sites (tertiary alicyclic amines) is 1. The normalized spacial score (nSPS) is 17.2. The van der Waals surface area contributed by atoms with Crippen LogP contribution in [-0.4, -0.2) is 41.5 Å². The highest BCUT2D eigenvalue weighted by Crippen LogP contribution is 2.24. The summed E-state index contributed by atoms with van der Waals surface area (Å²) in [4.78, 5) is 30.2. The number of thiazole rings is 1. The van der Waals surface area contributed by atoms with E-state index in [4.69, 9.17) is 4.74 Å². The quantitative estimate of drug-likeness (QED) is 0.752. The molecule has 0 N–H and O–H groups in total. The standard InChI is InChI=1S/C19H21FN2O3S/c1-13-4-3-7-22(10-13)17(23)11-25-18(24)9-16-12-26-19(21-16)14-5-2-6-15(20)8-14/h2,5-6,8,12-13H,3-4,7,9-11H2,1H3/t13-/m0/s1. The van der Waals surface area contributed by atoms with Crippen LogP contribution in [0.4, 0.5) is 4.39 Å². The van der Waals surface area contributed by atoms with E-state index in [-0.39, 0.29) is 24.8 Å². The van der Waals surface area contributed by atoms with E-state index in [0.29, 0.717) is 22.2 Å². The molecule has 1 amide bonds. The van der Waals surface area contributed by atoms with Crippen LogP contribution in [0.5, 0.6) is 0 Å². The van der Waals surface area contributed by atoms with Gasteiger partial charge in [-0.15, -0.1) is 11.3 Å². The monoisotopic (exact) mass is 376 g/mol. The number of carbonyl (C=O) groups excluding carboxylic acids is 2. The molecule has 0 radical (unpaired) electrons. The van der Waals surface area contributed by atoms with Crippen molar-refractivity contribution < 1.29 is 18.7 Å². The fraction of sp³-hybridized carbons (Fsp3) is 0.421. The number of hydrogen-bond donors (Lipinski definition) is 0. The molecule has 1 aromatic heterocycles. The minimum absolute atomic E-state index is 0.00447. The zero-order valence-electron chi connectivity index (χ0n) is 14.6. The molecule has 1 aliphatic rings. The molecule has 0 aliphatic carbocycles. The van der Waals surface area contributed by atoms with Crippen LogP contribution in [-0.2, 0) is 20.7 Å². The summed E-state index contributed by atoms with van der Waals surface area (Å²) in [6, 6.07) is 6.16. The number of aromatic nitrogens is 1. The van der Waals surface area contributed by atoms with Gasteiger partial charge < -0.3 is 9.64 Å². The molecule has 5 nitrogen and oxygen atoms in total. The lowest BCUT2D eigenvalue weighted by atomic mass is 10.0. The third-order valence-corrected chi connectivity index (χ3v) is 5.26. The van der Waals surface area contributed by atoms with E-state index >= 15 is 0 Å². The second kappa shape index (κ2) is 8.40. The lowest BCUT2D eigenvalue weighted by molar-refractivity contribution is -0.152. The molecule has 26 heavy (non-hydrogen) atoms. The Morgan fingerprint density at radius 2 is 2.27 bits per heavy atom. The molecule has 0 spiro atoms. The number of halogens is 1. The van der Waals surface area contributed by atoms with Crippen LogP contribution >= 0.6 is 11.3 Å². The van der Waals surface area contributed by atoms with Gasteiger partial charge >= 0.3 is 5.97 Å². The van der Waals surface area contributed by atoms with Gasteiger partial charge in [0.25, 0.3) is 5.91 Å². The van der Waals surface area contributed by atoms with Gasteiger partial charge in [0.15, 0.2) is 6.61 Å². The van der Waals surface area contributed by atoms with Crippen LogP contribution in [0.25, 0.3) is 10.6 Å². The topological polar surface area (TPSA) is 59.5 Å². The van der Waals surface area contributed by atoms with Crippen molar-refractivity contribution in [3.05, 3.63) is 41.2 Å². The van der Waals surface area contributed by atoms with Crippen molar-refractivity contribution >= 4 is 23.2 Å². The van der Waals surface area contributed by atoms with Gasteiger partial charge in [0.05, 0.1) is 12.1 Å². The summed E-state index contributed by atoms with van der Waals surface area (Å²) >= 11 is 1.34. The van der Waals surface area contributed by atoms with E-state index in [0.717, 1.165) is 25.9 Å². The largest absolute Gasteiger partial charge is 0.455 e. The summed E-state index contributed by atoms with van der Waals surface area (Å²) in [5, 5.41) is 2.39. The highest BCUT2D eigenvalue weighted by Gasteiger charge is 2.22. The van der Waals surface area contributed by atoms with Crippen LogP contribution in [0.15, 0.2) is 29.6 Å². The number of amides is 1. The van der Waals surface area contributed by atoms with Gasteiger partial charge in [0.1, 0.15) is 10.8 Å². The van der Waals surface area contributed by atoms with Gasteiger partial charge in [0.2, 0.25) is 0 Å². The molecule has 1 aromatic carbocycles. The van der Waals surface area contributed by atoms with Crippen molar-refractivity contribution in [1.29, 1.82) is 0 Å². The highest BCUT2D eigenvalue weighted by atomic mass is 32.1. The molecule has 2 aromatic rings. The average Bonchev–Trinajstić information content (AvgIpc) is 3.08. The van der Waals surface area contributed by atoms with Crippen molar-refractivity contribution in [2.45, 2.75) is 26.2 Å². The van der Waals surface area contributed by atoms with Gasteiger partial charge in [-0.3, -0.25) is 9.59 Å². The molecule has 1 atom stereocenters. The average molecular weight is 376 g/mol. The number of carbonyl (C=O) groups is 2. The van der Waals surface area contributed by atoms with Crippen molar-refractivity contribution in [3.63, 3.8) is 0 Å². The molecule has 2 heterocycles. The smallest absolute Gasteiger partial charge is 0.312 e. The lowest BCUT2D eigenvalue weighted by Crippen LogP contribution is -2.41. The van der Waals surface area contributed by atoms with Crippen molar-refractivity contribution in [1.82, 2.24) is 9.88 Å². The van der Waals surface area contributed by atoms with Gasteiger partial charge in [-0.25, -0.2) is 9.37 Å². The maximum atomic E-state index is 13.3. The Hall–Kier alpha value is -2.28. The van der Waals surface area contributed by atoms with Crippen LogP contribution in [0.2, 0.25) is 0 Å². The summed E-state index contributed by atoms with van der Waals surface area (Å²) < 4.78 is 18.4. The third-order valence-electron chi connectivity index (χ3n) is 4.32. The molecular formula is C19H21FN2O3S. The highest BCUT2D eigenvalue weighted by molar-refractivity contribution is 7.13. The van der Waals surface area contributed by atoms with E-state index in [1.165, 1.54) is 23.5 Å². The number of ether oxygens (including phenoxy) is 1. The molecular weight excluding hydrogens is 355 g/mol. The Morgan fingerprint density at radius 3 is 3.04 bits per heavy atom. The van der Waals surface area contributed by atoms with Gasteiger partial charge in [-0.1, -0.05) is 19.1 Å². The maximum Gasteiger partial charge on any atom is 0.312 e. The zero-order chi connectivity index (χ0) is 18.5. The van der Waals surface area contributed by atoms with Crippen molar-refractivity contribution in [2.24, 2.45) is 5.92 Å². The molecule has 1 aliphatic heterocycles. The first-order chi connectivity index (χ1) is 12.5. The maximum absolute atomic E-state index is 13.3. The predicted molar refractivity (Wildman–Crippen MR) is 97.1 cm³/mol. The minimum atomic E-state index is -0.487. The van der Waals surface area contributed by atoms with Crippen molar-refractivity contribution in [2.75, 3.05) is 19.7 Å². The molecule has 1 saturated heterocycles. The zero-order valence-corrected chi connectivity index (χ0v) is 15.4. The molecule has 138 valence electrons. The van der Waals surface area contributed by atoms with Crippen LogP contribution in [0, 0.1) is 11.7 Å². The van der Waals surface area contributed by atoms with Gasteiger partial charge in [0, 0.05) is 24.0 Å². The summed E-state index contributed by atoms with van der Waals surface area (Å²) in [6.07, 6.45) is 2.11. The summed E-state index contributed by atoms with van der Waals surface area (Å²) in [7, 11) is 0. The van der Waals surface area contributed by atoms with Crippen LogP contribution in [0.3, 0.4) is 0 Å². The van der Waals surface area contributed by atoms with Gasteiger partial charge in [-0.05, 0) is 30.9 Å². The second-order valence-corrected chi connectivity index (χ2v) is 7.44. The first-order valence-corrected chi connectivity index (χ1v) is 9.53. The van der Waals surface area contributed by atoms with E-state index in [2.05, 4.69) is 11.9 Å². The summed E-state index contributed by atoms with van der Waals surface area (Å²) in [5.74, 6) is -0.480. The van der Waals surface area contributed by atoms with E-state index in [1.807, 2.05) is 0 Å². The molecule has 3 rings (SSSR count). The minimum Gasteiger partial charge on any atom is -0.455 e. The predicted octanol–water partition coefficient (Wildman–Crippen LogP) is 3.29. The number of piperidine rings is 1. The Bertz CT molecular complexity index is 793. The lowest BCUT2D eigenvalue weighted by Gasteiger charge is -2.30. The van der Waals surface area contributed by atoms with Crippen molar-refractivity contribution in [3.8, 4) is 10.6 Å². The molecule has 0 bridgehead atoms. The third kappa shape index (κ3) is 4.88. The van der Waals surface area contributed by atoms with E-state index < -0.39 is 5.97 Å². The molecule has 7 heteroatoms. The summed E-state index contributed by atoms with van der Waals surface area (Å²) in [5.41, 5.74) is 1.22. The Kier molecular flexibility index (Phi) is 5.98. The Morgan fingerprint density at radius 1 is 1.42 bits per heavy atom. The van der Waals surface area contributed by atoms with E-state index in [1.54, 1.807) is 22.4 Å². The Balaban J connectivity index is 1.50. The van der Waals surface area contributed by atoms with Crippen LogP contribution < -0.4 is 0 Å². The fourth-order valence-electron chi connectivity index (χ4n) is 2.99. The first-order valence-electron chi connectivity index (χ1n) is 8.65. The summed E-state index contributed by atoms with van der Waals surface area (Å²) in [6.45, 7) is 3.33. The fourth-order valence-corrected chi connectivity index (χ4v) is 3.81. The first kappa shape index (κ1) is 18.5. The van der Waals surface area contributed by atoms with Gasteiger partial charge in [-0.2, -0.15) is 0 Å². The second-order valence-electron chi connectivity index (χ2n) is 6.58. The number of rotatable bonds is 5.